The molecule has 0 fully saturated rings. The van der Waals surface area contributed by atoms with E-state index >= 15 is 0 Å². The maximum atomic E-state index is 13.8. The summed E-state index contributed by atoms with van der Waals surface area (Å²) >= 11 is 6.54. The van der Waals surface area contributed by atoms with Crippen molar-refractivity contribution in [1.29, 1.82) is 0 Å². The number of terminal acetylenes is 1. The van der Waals surface area contributed by atoms with E-state index in [2.05, 4.69) is 20.9 Å². The van der Waals surface area contributed by atoms with Crippen LogP contribution in [0.25, 0.3) is 11.2 Å². The van der Waals surface area contributed by atoms with Crippen LogP contribution in [0.15, 0.2) is 6.07 Å². The molecular formula is C20H21ClFN5O3. The number of ether oxygens (including phenoxy) is 2. The monoisotopic (exact) mass is 433 g/mol. The SMILES string of the molecule is C#CCCCn1c(Cc2cc(CO)c(OC)c(OC)c2Cl)nc2c(N)nc(F)nc21. The molecule has 2 heterocycles. The van der Waals surface area contributed by atoms with Gasteiger partial charge in [0.1, 0.15) is 5.82 Å². The number of hydrogen-bond acceptors (Lipinski definition) is 7. The highest BCUT2D eigenvalue weighted by Crippen LogP contribution is 2.41. The van der Waals surface area contributed by atoms with Crippen molar-refractivity contribution < 1.29 is 19.0 Å². The second-order valence-corrected chi connectivity index (χ2v) is 6.83. The summed E-state index contributed by atoms with van der Waals surface area (Å²) < 4.78 is 26.2. The third-order valence-corrected chi connectivity index (χ3v) is 5.05. The molecule has 0 bridgehead atoms. The summed E-state index contributed by atoms with van der Waals surface area (Å²) in [5, 5.41) is 10.1. The van der Waals surface area contributed by atoms with Gasteiger partial charge in [-0.3, -0.25) is 0 Å². The Bertz CT molecular complexity index is 1130. The smallest absolute Gasteiger partial charge is 0.312 e. The molecule has 0 saturated heterocycles. The van der Waals surface area contributed by atoms with Gasteiger partial charge in [0.2, 0.25) is 0 Å². The zero-order valence-electron chi connectivity index (χ0n) is 16.6. The standard InChI is InChI=1S/C20H21ClFN5O3/c1-4-5-6-7-27-13(24-15-18(23)25-20(22)26-19(15)27)9-11-8-12(10-28)16(29-2)17(30-3)14(11)21/h1,8,28H,5-7,9-10H2,2-3H3,(H2,23,25,26). The minimum Gasteiger partial charge on any atom is -0.492 e. The van der Waals surface area contributed by atoms with E-state index in [0.29, 0.717) is 58.4 Å². The highest BCUT2D eigenvalue weighted by atomic mass is 35.5. The van der Waals surface area contributed by atoms with Crippen molar-refractivity contribution in [1.82, 2.24) is 19.5 Å². The molecule has 0 aliphatic carbocycles. The van der Waals surface area contributed by atoms with E-state index in [1.807, 2.05) is 0 Å². The number of aromatic nitrogens is 4. The Morgan fingerprint density at radius 3 is 2.60 bits per heavy atom. The molecule has 0 amide bonds. The topological polar surface area (TPSA) is 108 Å². The molecule has 8 nitrogen and oxygen atoms in total. The van der Waals surface area contributed by atoms with Gasteiger partial charge in [-0.05, 0) is 18.1 Å². The first-order valence-electron chi connectivity index (χ1n) is 9.09. The van der Waals surface area contributed by atoms with Crippen LogP contribution in [0.4, 0.5) is 10.2 Å². The number of anilines is 1. The fourth-order valence-corrected chi connectivity index (χ4v) is 3.59. The number of imidazole rings is 1. The van der Waals surface area contributed by atoms with E-state index in [4.69, 9.17) is 33.2 Å². The van der Waals surface area contributed by atoms with Gasteiger partial charge in [-0.2, -0.15) is 14.4 Å². The summed E-state index contributed by atoms with van der Waals surface area (Å²) in [7, 11) is 2.93. The summed E-state index contributed by atoms with van der Waals surface area (Å²) in [6.07, 6.45) is 5.85. The number of methoxy groups -OCH3 is 2. The van der Waals surface area contributed by atoms with Gasteiger partial charge in [0.15, 0.2) is 28.5 Å². The summed E-state index contributed by atoms with van der Waals surface area (Å²) in [6.45, 7) is 0.190. The largest absolute Gasteiger partial charge is 0.492 e. The molecule has 0 saturated carbocycles. The normalized spacial score (nSPS) is 10.9. The minimum atomic E-state index is -0.934. The summed E-state index contributed by atoms with van der Waals surface area (Å²) in [6, 6.07) is 1.71. The average Bonchev–Trinajstić information content (AvgIpc) is 3.06. The third kappa shape index (κ3) is 3.97. The van der Waals surface area contributed by atoms with Crippen LogP contribution in [0.3, 0.4) is 0 Å². The van der Waals surface area contributed by atoms with Crippen molar-refractivity contribution in [2.45, 2.75) is 32.4 Å². The number of nitrogens with zero attached hydrogens (tertiary/aromatic N) is 4. The van der Waals surface area contributed by atoms with Crippen LogP contribution in [-0.4, -0.2) is 38.8 Å². The number of aliphatic hydroxyl groups excluding tert-OH is 1. The fourth-order valence-electron chi connectivity index (χ4n) is 3.30. The van der Waals surface area contributed by atoms with Gasteiger partial charge in [-0.1, -0.05) is 11.6 Å². The Morgan fingerprint density at radius 2 is 1.97 bits per heavy atom. The number of benzene rings is 1. The van der Waals surface area contributed by atoms with E-state index in [1.54, 1.807) is 10.6 Å². The first kappa shape index (κ1) is 21.6. The number of nitrogens with two attached hydrogens (primary N) is 1. The van der Waals surface area contributed by atoms with Gasteiger partial charge in [0, 0.05) is 24.9 Å². The lowest BCUT2D eigenvalue weighted by atomic mass is 10.1. The van der Waals surface area contributed by atoms with Gasteiger partial charge < -0.3 is 24.9 Å². The lowest BCUT2D eigenvalue weighted by molar-refractivity contribution is 0.269. The molecule has 3 aromatic rings. The van der Waals surface area contributed by atoms with E-state index in [0.717, 1.165) is 0 Å². The number of aliphatic hydroxyl groups is 1. The highest BCUT2D eigenvalue weighted by Gasteiger charge is 2.22. The predicted molar refractivity (Wildman–Crippen MR) is 111 cm³/mol. The number of fused-ring (bicyclic) bond motifs is 1. The van der Waals surface area contributed by atoms with Crippen LogP contribution in [0.1, 0.15) is 29.8 Å². The number of rotatable bonds is 8. The van der Waals surface area contributed by atoms with Crippen molar-refractivity contribution in [3.63, 3.8) is 0 Å². The molecule has 30 heavy (non-hydrogen) atoms. The molecule has 0 spiro atoms. The van der Waals surface area contributed by atoms with E-state index in [-0.39, 0.29) is 24.5 Å². The summed E-state index contributed by atoms with van der Waals surface area (Å²) in [4.78, 5) is 11.9. The number of aryl methyl sites for hydroxylation is 1. The van der Waals surface area contributed by atoms with Crippen LogP contribution in [0.2, 0.25) is 5.02 Å². The zero-order chi connectivity index (χ0) is 21.8. The van der Waals surface area contributed by atoms with Crippen LogP contribution in [-0.2, 0) is 19.6 Å². The highest BCUT2D eigenvalue weighted by molar-refractivity contribution is 6.33. The van der Waals surface area contributed by atoms with Gasteiger partial charge in [-0.15, -0.1) is 12.3 Å². The van der Waals surface area contributed by atoms with Gasteiger partial charge >= 0.3 is 6.08 Å². The van der Waals surface area contributed by atoms with Crippen molar-refractivity contribution in [2.24, 2.45) is 0 Å². The molecule has 0 aliphatic heterocycles. The van der Waals surface area contributed by atoms with Gasteiger partial charge in [0.05, 0.1) is 25.8 Å². The maximum absolute atomic E-state index is 13.8. The summed E-state index contributed by atoms with van der Waals surface area (Å²) in [5.74, 6) is 3.73. The lowest BCUT2D eigenvalue weighted by Crippen LogP contribution is -2.08. The summed E-state index contributed by atoms with van der Waals surface area (Å²) in [5.41, 5.74) is 7.58. The Labute approximate surface area is 177 Å². The molecule has 10 heteroatoms. The van der Waals surface area contributed by atoms with E-state index in [1.165, 1.54) is 14.2 Å². The lowest BCUT2D eigenvalue weighted by Gasteiger charge is -2.17. The quantitative estimate of drug-likeness (QED) is 0.319. The minimum absolute atomic E-state index is 0.0519. The number of hydrogen-bond donors (Lipinski definition) is 2. The van der Waals surface area contributed by atoms with Crippen LogP contribution in [0, 0.1) is 18.4 Å². The van der Waals surface area contributed by atoms with Gasteiger partial charge in [-0.25, -0.2) is 4.98 Å². The third-order valence-electron chi connectivity index (χ3n) is 4.63. The first-order chi connectivity index (χ1) is 14.4. The zero-order valence-corrected chi connectivity index (χ0v) is 17.3. The Hall–Kier alpha value is -3.09. The molecule has 3 rings (SSSR count). The second kappa shape index (κ2) is 9.15. The van der Waals surface area contributed by atoms with Crippen LogP contribution < -0.4 is 15.2 Å². The molecule has 0 radical (unpaired) electrons. The molecular weight excluding hydrogens is 413 g/mol. The first-order valence-corrected chi connectivity index (χ1v) is 9.47. The molecule has 0 atom stereocenters. The predicted octanol–water partition coefficient (Wildman–Crippen LogP) is 2.71. The van der Waals surface area contributed by atoms with Crippen molar-refractivity contribution in [2.75, 3.05) is 20.0 Å². The molecule has 0 unspecified atom stereocenters. The Morgan fingerprint density at radius 1 is 1.23 bits per heavy atom. The maximum Gasteiger partial charge on any atom is 0.312 e. The van der Waals surface area contributed by atoms with Crippen molar-refractivity contribution >= 4 is 28.6 Å². The number of halogens is 2. The molecule has 0 aliphatic rings. The van der Waals surface area contributed by atoms with Gasteiger partial charge in [0.25, 0.3) is 0 Å². The van der Waals surface area contributed by atoms with Crippen LogP contribution in [0.5, 0.6) is 11.5 Å². The average molecular weight is 434 g/mol. The Kier molecular flexibility index (Phi) is 6.59. The molecule has 158 valence electrons. The van der Waals surface area contributed by atoms with E-state index < -0.39 is 6.08 Å². The number of nitrogen functional groups attached to an aromatic ring is 1. The van der Waals surface area contributed by atoms with Crippen molar-refractivity contribution in [3.05, 3.63) is 34.1 Å². The molecule has 2 aromatic heterocycles. The van der Waals surface area contributed by atoms with E-state index in [9.17, 15) is 9.50 Å². The number of unbranched alkanes of at least 4 members (excludes halogenated alkanes) is 1. The fraction of sp³-hybridized carbons (Fsp3) is 0.350. The second-order valence-electron chi connectivity index (χ2n) is 6.45. The van der Waals surface area contributed by atoms with Crippen LogP contribution >= 0.6 is 11.6 Å². The molecule has 3 N–H and O–H groups in total. The molecule has 1 aromatic carbocycles. The Balaban J connectivity index is 2.14. The van der Waals surface area contributed by atoms with Crippen molar-refractivity contribution in [3.8, 4) is 23.8 Å².